The van der Waals surface area contributed by atoms with Crippen LogP contribution < -0.4 is 10.1 Å². The molecular formula is C17H24N2O4. The van der Waals surface area contributed by atoms with Gasteiger partial charge in [0, 0.05) is 19.5 Å². The number of para-hydroxylation sites is 1. The van der Waals surface area contributed by atoms with Crippen LogP contribution in [0.2, 0.25) is 0 Å². The van der Waals surface area contributed by atoms with E-state index < -0.39 is 6.04 Å². The molecule has 0 saturated carbocycles. The van der Waals surface area contributed by atoms with Crippen LogP contribution in [0.4, 0.5) is 0 Å². The Bertz CT molecular complexity index is 501. The van der Waals surface area contributed by atoms with E-state index in [9.17, 15) is 9.59 Å². The molecule has 1 saturated heterocycles. The zero-order chi connectivity index (χ0) is 16.5. The summed E-state index contributed by atoms with van der Waals surface area (Å²) in [6.07, 6.45) is 0.951. The van der Waals surface area contributed by atoms with Gasteiger partial charge in [-0.05, 0) is 25.5 Å². The third kappa shape index (κ3) is 5.90. The summed E-state index contributed by atoms with van der Waals surface area (Å²) in [4.78, 5) is 25.8. The second kappa shape index (κ2) is 9.15. The Morgan fingerprint density at radius 3 is 2.65 bits per heavy atom. The molecule has 1 heterocycles. The number of hydrogen-bond donors (Lipinski definition) is 1. The number of carbonyl (C=O) groups excluding carboxylic acids is 2. The maximum absolute atomic E-state index is 12.2. The van der Waals surface area contributed by atoms with Crippen molar-refractivity contribution in [1.29, 1.82) is 0 Å². The highest BCUT2D eigenvalue weighted by atomic mass is 16.5. The van der Waals surface area contributed by atoms with Crippen LogP contribution in [-0.4, -0.2) is 55.7 Å². The Morgan fingerprint density at radius 2 is 1.96 bits per heavy atom. The van der Waals surface area contributed by atoms with Crippen molar-refractivity contribution in [3.63, 3.8) is 0 Å². The number of ether oxygens (including phenoxy) is 2. The van der Waals surface area contributed by atoms with Crippen molar-refractivity contribution in [1.82, 2.24) is 10.2 Å². The summed E-state index contributed by atoms with van der Waals surface area (Å²) < 4.78 is 10.8. The number of amides is 2. The van der Waals surface area contributed by atoms with E-state index in [0.29, 0.717) is 45.8 Å². The Balaban J connectivity index is 1.62. The van der Waals surface area contributed by atoms with Gasteiger partial charge in [-0.3, -0.25) is 9.59 Å². The van der Waals surface area contributed by atoms with Crippen LogP contribution in [-0.2, 0) is 14.3 Å². The van der Waals surface area contributed by atoms with Gasteiger partial charge in [0.05, 0.1) is 19.8 Å². The minimum absolute atomic E-state index is 0.0535. The lowest BCUT2D eigenvalue weighted by molar-refractivity contribution is -0.139. The summed E-state index contributed by atoms with van der Waals surface area (Å²) >= 11 is 0. The highest BCUT2D eigenvalue weighted by Crippen LogP contribution is 2.09. The predicted octanol–water partition coefficient (Wildman–Crippen LogP) is 1.21. The van der Waals surface area contributed by atoms with Crippen molar-refractivity contribution in [3.05, 3.63) is 30.3 Å². The lowest BCUT2D eigenvalue weighted by Gasteiger charge is -2.29. The van der Waals surface area contributed by atoms with Gasteiger partial charge in [-0.25, -0.2) is 0 Å². The maximum Gasteiger partial charge on any atom is 0.245 e. The van der Waals surface area contributed by atoms with E-state index in [-0.39, 0.29) is 11.8 Å². The van der Waals surface area contributed by atoms with Crippen molar-refractivity contribution in [2.24, 2.45) is 0 Å². The first-order valence-electron chi connectivity index (χ1n) is 8.00. The number of benzene rings is 1. The van der Waals surface area contributed by atoms with Crippen molar-refractivity contribution in [3.8, 4) is 5.75 Å². The van der Waals surface area contributed by atoms with Gasteiger partial charge in [0.2, 0.25) is 11.8 Å². The van der Waals surface area contributed by atoms with E-state index in [1.165, 1.54) is 0 Å². The van der Waals surface area contributed by atoms with Gasteiger partial charge in [0.15, 0.2) is 0 Å². The number of rotatable bonds is 7. The largest absolute Gasteiger partial charge is 0.494 e. The Kier molecular flexibility index (Phi) is 6.87. The molecule has 126 valence electrons. The molecule has 6 nitrogen and oxygen atoms in total. The molecule has 6 heteroatoms. The van der Waals surface area contributed by atoms with Gasteiger partial charge in [0.25, 0.3) is 0 Å². The zero-order valence-corrected chi connectivity index (χ0v) is 13.5. The zero-order valence-electron chi connectivity index (χ0n) is 13.5. The van der Waals surface area contributed by atoms with Crippen molar-refractivity contribution >= 4 is 11.8 Å². The number of nitrogens with one attached hydrogen (secondary N) is 1. The Hall–Kier alpha value is -2.08. The van der Waals surface area contributed by atoms with E-state index in [2.05, 4.69) is 5.32 Å². The Labute approximate surface area is 136 Å². The fourth-order valence-electron chi connectivity index (χ4n) is 2.37. The fourth-order valence-corrected chi connectivity index (χ4v) is 2.37. The predicted molar refractivity (Wildman–Crippen MR) is 86.2 cm³/mol. The molecule has 1 atom stereocenters. The smallest absolute Gasteiger partial charge is 0.245 e. The first-order valence-corrected chi connectivity index (χ1v) is 8.00. The Morgan fingerprint density at radius 1 is 1.26 bits per heavy atom. The van der Waals surface area contributed by atoms with Crippen LogP contribution in [0.15, 0.2) is 30.3 Å². The molecule has 0 bridgehead atoms. The van der Waals surface area contributed by atoms with Crippen LogP contribution in [0.1, 0.15) is 19.8 Å². The van der Waals surface area contributed by atoms with Gasteiger partial charge in [-0.2, -0.15) is 0 Å². The average Bonchev–Trinajstić information content (AvgIpc) is 2.59. The monoisotopic (exact) mass is 320 g/mol. The van der Waals surface area contributed by atoms with Gasteiger partial charge >= 0.3 is 0 Å². The molecule has 2 rings (SSSR count). The molecule has 1 aromatic rings. The molecule has 0 aromatic heterocycles. The minimum Gasteiger partial charge on any atom is -0.494 e. The fraction of sp³-hybridized carbons (Fsp3) is 0.529. The molecular weight excluding hydrogens is 296 g/mol. The first-order chi connectivity index (χ1) is 11.2. The van der Waals surface area contributed by atoms with Gasteiger partial charge in [-0.1, -0.05) is 18.2 Å². The molecule has 0 radical (unpaired) electrons. The van der Waals surface area contributed by atoms with E-state index in [4.69, 9.17) is 9.47 Å². The van der Waals surface area contributed by atoms with E-state index >= 15 is 0 Å². The lowest BCUT2D eigenvalue weighted by atomic mass is 10.2. The van der Waals surface area contributed by atoms with Crippen LogP contribution in [0.3, 0.4) is 0 Å². The summed E-state index contributed by atoms with van der Waals surface area (Å²) in [5, 5.41) is 2.75. The molecule has 1 aromatic carbocycles. The molecule has 0 unspecified atom stereocenters. The number of hydrogen-bond acceptors (Lipinski definition) is 4. The summed E-state index contributed by atoms with van der Waals surface area (Å²) in [5.74, 6) is 0.613. The second-order valence-electron chi connectivity index (χ2n) is 5.49. The highest BCUT2D eigenvalue weighted by molar-refractivity contribution is 5.87. The van der Waals surface area contributed by atoms with E-state index in [1.807, 2.05) is 30.3 Å². The average molecular weight is 320 g/mol. The topological polar surface area (TPSA) is 67.9 Å². The van der Waals surface area contributed by atoms with Gasteiger partial charge in [-0.15, -0.1) is 0 Å². The highest BCUT2D eigenvalue weighted by Gasteiger charge is 2.23. The van der Waals surface area contributed by atoms with Crippen molar-refractivity contribution in [2.75, 3.05) is 32.9 Å². The lowest BCUT2D eigenvalue weighted by Crippen LogP contribution is -2.50. The second-order valence-corrected chi connectivity index (χ2v) is 5.49. The van der Waals surface area contributed by atoms with Gasteiger partial charge < -0.3 is 19.7 Å². The van der Waals surface area contributed by atoms with Crippen LogP contribution in [0, 0.1) is 0 Å². The summed E-state index contributed by atoms with van der Waals surface area (Å²) in [6, 6.07) is 8.98. The molecule has 0 aliphatic carbocycles. The standard InChI is InChI=1S/C17H24N2O4/c1-14(17(21)19-9-12-22-13-10-19)18-16(20)8-5-11-23-15-6-3-2-4-7-15/h2-4,6-7,14H,5,8-13H2,1H3,(H,18,20)/t14-/m0/s1. The third-order valence-electron chi connectivity index (χ3n) is 3.63. The first kappa shape index (κ1) is 17.3. The molecule has 2 amide bonds. The summed E-state index contributed by atoms with van der Waals surface area (Å²) in [6.45, 7) is 4.49. The quantitative estimate of drug-likeness (QED) is 0.767. The van der Waals surface area contributed by atoms with E-state index in [0.717, 1.165) is 5.75 Å². The summed E-state index contributed by atoms with van der Waals surface area (Å²) in [5.41, 5.74) is 0. The van der Waals surface area contributed by atoms with Crippen molar-refractivity contribution < 1.29 is 19.1 Å². The minimum atomic E-state index is -0.504. The van der Waals surface area contributed by atoms with Crippen LogP contribution in [0.25, 0.3) is 0 Å². The maximum atomic E-state index is 12.2. The van der Waals surface area contributed by atoms with Crippen LogP contribution >= 0.6 is 0 Å². The SMILES string of the molecule is C[C@H](NC(=O)CCCOc1ccccc1)C(=O)N1CCOCC1. The van der Waals surface area contributed by atoms with Crippen LogP contribution in [0.5, 0.6) is 5.75 Å². The van der Waals surface area contributed by atoms with Gasteiger partial charge in [0.1, 0.15) is 11.8 Å². The third-order valence-corrected chi connectivity index (χ3v) is 3.63. The molecule has 23 heavy (non-hydrogen) atoms. The summed E-state index contributed by atoms with van der Waals surface area (Å²) in [7, 11) is 0. The van der Waals surface area contributed by atoms with E-state index in [1.54, 1.807) is 11.8 Å². The molecule has 1 aliphatic heterocycles. The molecule has 0 spiro atoms. The number of carbonyl (C=O) groups is 2. The number of morpholine rings is 1. The molecule has 1 fully saturated rings. The molecule has 1 aliphatic rings. The van der Waals surface area contributed by atoms with Crippen molar-refractivity contribution in [2.45, 2.75) is 25.8 Å². The number of nitrogens with zero attached hydrogens (tertiary/aromatic N) is 1. The normalized spacial score (nSPS) is 15.8. The molecule has 1 N–H and O–H groups in total.